The lowest BCUT2D eigenvalue weighted by atomic mass is 10.0. The van der Waals surface area contributed by atoms with Crippen LogP contribution in [0.4, 0.5) is 4.39 Å². The topological polar surface area (TPSA) is 27.1 Å². The van der Waals surface area contributed by atoms with Gasteiger partial charge in [-0.2, -0.15) is 5.10 Å². The summed E-state index contributed by atoms with van der Waals surface area (Å²) >= 11 is 6.46. The molecule has 2 aromatic carbocycles. The van der Waals surface area contributed by atoms with E-state index in [1.54, 1.807) is 18.3 Å². The number of hydrogen-bond acceptors (Lipinski definition) is 2. The fraction of sp³-hybridized carbons (Fsp3) is 0.316. The van der Waals surface area contributed by atoms with Crippen LogP contribution < -0.4 is 0 Å². The number of rotatable bonds is 6. The van der Waals surface area contributed by atoms with Crippen molar-refractivity contribution < 1.29 is 9.13 Å². The Kier molecular flexibility index (Phi) is 5.27. The van der Waals surface area contributed by atoms with Gasteiger partial charge >= 0.3 is 0 Å². The SMILES string of the molecule is C[Si](C)(C)CCOCn1ncc2cc(-c3ccc(F)cc3)c(Cl)cc21. The summed E-state index contributed by atoms with van der Waals surface area (Å²) in [6.07, 6.45) is 1.81. The van der Waals surface area contributed by atoms with E-state index in [2.05, 4.69) is 24.7 Å². The molecule has 0 aliphatic carbocycles. The zero-order chi connectivity index (χ0) is 18.0. The van der Waals surface area contributed by atoms with Crippen molar-refractivity contribution in [2.75, 3.05) is 6.61 Å². The third-order valence-electron chi connectivity index (χ3n) is 4.10. The lowest BCUT2D eigenvalue weighted by Crippen LogP contribution is -2.22. The normalized spacial score (nSPS) is 12.0. The summed E-state index contributed by atoms with van der Waals surface area (Å²) in [5.74, 6) is -0.260. The van der Waals surface area contributed by atoms with E-state index in [1.807, 2.05) is 16.8 Å². The lowest BCUT2D eigenvalue weighted by Gasteiger charge is -2.15. The van der Waals surface area contributed by atoms with Gasteiger partial charge in [0.05, 0.1) is 16.7 Å². The van der Waals surface area contributed by atoms with E-state index < -0.39 is 8.07 Å². The van der Waals surface area contributed by atoms with Gasteiger partial charge in [-0.3, -0.25) is 0 Å². The number of aromatic nitrogens is 2. The smallest absolute Gasteiger partial charge is 0.139 e. The number of nitrogens with zero attached hydrogens (tertiary/aromatic N) is 2. The molecule has 0 atom stereocenters. The number of ether oxygens (including phenoxy) is 1. The van der Waals surface area contributed by atoms with Crippen LogP contribution in [0.15, 0.2) is 42.6 Å². The first-order valence-electron chi connectivity index (χ1n) is 8.32. The average Bonchev–Trinajstić information content (AvgIpc) is 2.93. The van der Waals surface area contributed by atoms with Crippen LogP contribution >= 0.6 is 11.6 Å². The predicted octanol–water partition coefficient (Wildman–Crippen LogP) is 5.81. The van der Waals surface area contributed by atoms with Gasteiger partial charge in [-0.1, -0.05) is 43.4 Å². The second kappa shape index (κ2) is 7.28. The fourth-order valence-electron chi connectivity index (χ4n) is 2.58. The van der Waals surface area contributed by atoms with Gasteiger partial charge < -0.3 is 4.74 Å². The molecule has 0 spiro atoms. The molecule has 0 saturated carbocycles. The van der Waals surface area contributed by atoms with E-state index in [1.165, 1.54) is 12.1 Å². The van der Waals surface area contributed by atoms with Crippen LogP contribution in [0.25, 0.3) is 22.0 Å². The summed E-state index contributed by atoms with van der Waals surface area (Å²) in [6.45, 7) is 8.15. The molecule has 3 nitrogen and oxygen atoms in total. The van der Waals surface area contributed by atoms with Crippen molar-refractivity contribution in [3.8, 4) is 11.1 Å². The van der Waals surface area contributed by atoms with E-state index in [9.17, 15) is 4.39 Å². The molecule has 0 radical (unpaired) electrons. The molecule has 3 aromatic rings. The molecule has 0 fully saturated rings. The van der Waals surface area contributed by atoms with Crippen molar-refractivity contribution in [3.05, 3.63) is 53.4 Å². The van der Waals surface area contributed by atoms with Gasteiger partial charge in [-0.05, 0) is 35.9 Å². The second-order valence-corrected chi connectivity index (χ2v) is 13.4. The highest BCUT2D eigenvalue weighted by Crippen LogP contribution is 2.32. The molecule has 0 amide bonds. The maximum absolute atomic E-state index is 13.1. The Morgan fingerprint density at radius 1 is 1.16 bits per heavy atom. The summed E-state index contributed by atoms with van der Waals surface area (Å²) in [5, 5.41) is 6.00. The van der Waals surface area contributed by atoms with Crippen molar-refractivity contribution >= 4 is 30.6 Å². The first kappa shape index (κ1) is 18.1. The van der Waals surface area contributed by atoms with Crippen molar-refractivity contribution in [1.29, 1.82) is 0 Å². The van der Waals surface area contributed by atoms with Crippen LogP contribution in [0.5, 0.6) is 0 Å². The van der Waals surface area contributed by atoms with Crippen molar-refractivity contribution in [1.82, 2.24) is 9.78 Å². The molecule has 0 aliphatic heterocycles. The van der Waals surface area contributed by atoms with Gasteiger partial charge in [-0.15, -0.1) is 0 Å². The van der Waals surface area contributed by atoms with Gasteiger partial charge in [-0.25, -0.2) is 9.07 Å². The van der Waals surface area contributed by atoms with Crippen LogP contribution in [-0.4, -0.2) is 24.5 Å². The highest BCUT2D eigenvalue weighted by molar-refractivity contribution is 6.76. The van der Waals surface area contributed by atoms with E-state index in [-0.39, 0.29) is 5.82 Å². The Labute approximate surface area is 153 Å². The molecule has 0 unspecified atom stereocenters. The monoisotopic (exact) mass is 376 g/mol. The first-order chi connectivity index (χ1) is 11.8. The summed E-state index contributed by atoms with van der Waals surface area (Å²) in [5.41, 5.74) is 2.68. The Morgan fingerprint density at radius 2 is 1.88 bits per heavy atom. The average molecular weight is 377 g/mol. The molecule has 0 N–H and O–H groups in total. The van der Waals surface area contributed by atoms with E-state index >= 15 is 0 Å². The standard InChI is InChI=1S/C19H22ClFN2OSi/c1-25(2,3)9-8-24-13-23-19-11-18(20)17(10-15(19)12-22-23)14-4-6-16(21)7-5-14/h4-7,10-12H,8-9,13H2,1-3H3. The molecule has 132 valence electrons. The Balaban J connectivity index is 1.80. The Hall–Kier alpha value is -1.69. The minimum absolute atomic E-state index is 0.260. The Morgan fingerprint density at radius 3 is 2.56 bits per heavy atom. The number of halogens is 2. The van der Waals surface area contributed by atoms with E-state index in [4.69, 9.17) is 16.3 Å². The van der Waals surface area contributed by atoms with Gasteiger partial charge in [0.1, 0.15) is 12.5 Å². The molecule has 0 saturated heterocycles. The van der Waals surface area contributed by atoms with Crippen LogP contribution in [-0.2, 0) is 11.5 Å². The Bertz CT molecular complexity index is 872. The second-order valence-electron chi connectivity index (χ2n) is 7.39. The molecule has 1 heterocycles. The molecule has 6 heteroatoms. The van der Waals surface area contributed by atoms with Crippen molar-refractivity contribution in [3.63, 3.8) is 0 Å². The molecule has 3 rings (SSSR count). The first-order valence-corrected chi connectivity index (χ1v) is 12.4. The third kappa shape index (κ3) is 4.48. The maximum atomic E-state index is 13.1. The molecule has 0 aliphatic rings. The molecule has 0 bridgehead atoms. The van der Waals surface area contributed by atoms with Gasteiger partial charge in [0.15, 0.2) is 0 Å². The highest BCUT2D eigenvalue weighted by atomic mass is 35.5. The van der Waals surface area contributed by atoms with E-state index in [0.29, 0.717) is 11.8 Å². The quantitative estimate of drug-likeness (QED) is 0.401. The largest absolute Gasteiger partial charge is 0.360 e. The number of fused-ring (bicyclic) bond motifs is 1. The molecule has 25 heavy (non-hydrogen) atoms. The van der Waals surface area contributed by atoms with Crippen LogP contribution in [0.1, 0.15) is 0 Å². The molecular weight excluding hydrogens is 355 g/mol. The van der Waals surface area contributed by atoms with Crippen molar-refractivity contribution in [2.45, 2.75) is 32.4 Å². The minimum Gasteiger partial charge on any atom is -0.360 e. The zero-order valence-corrected chi connectivity index (χ0v) is 16.5. The highest BCUT2D eigenvalue weighted by Gasteiger charge is 2.13. The van der Waals surface area contributed by atoms with Crippen LogP contribution in [0.2, 0.25) is 30.7 Å². The lowest BCUT2D eigenvalue weighted by molar-refractivity contribution is 0.0817. The number of benzene rings is 2. The summed E-state index contributed by atoms with van der Waals surface area (Å²) < 4.78 is 20.7. The third-order valence-corrected chi connectivity index (χ3v) is 6.11. The molecular formula is C19H22ClFN2OSi. The van der Waals surface area contributed by atoms with Crippen LogP contribution in [0, 0.1) is 5.82 Å². The van der Waals surface area contributed by atoms with Gasteiger partial charge in [0, 0.05) is 25.6 Å². The summed E-state index contributed by atoms with van der Waals surface area (Å²) in [7, 11) is -1.09. The van der Waals surface area contributed by atoms with Gasteiger partial charge in [0.25, 0.3) is 0 Å². The van der Waals surface area contributed by atoms with E-state index in [0.717, 1.165) is 34.7 Å². The maximum Gasteiger partial charge on any atom is 0.139 e. The van der Waals surface area contributed by atoms with Crippen molar-refractivity contribution in [2.24, 2.45) is 0 Å². The fourth-order valence-corrected chi connectivity index (χ4v) is 3.61. The zero-order valence-electron chi connectivity index (χ0n) is 14.7. The minimum atomic E-state index is -1.09. The summed E-state index contributed by atoms with van der Waals surface area (Å²) in [4.78, 5) is 0. The van der Waals surface area contributed by atoms with Crippen LogP contribution in [0.3, 0.4) is 0 Å². The number of hydrogen-bond donors (Lipinski definition) is 0. The predicted molar refractivity (Wildman–Crippen MR) is 104 cm³/mol. The molecule has 1 aromatic heterocycles. The summed E-state index contributed by atoms with van der Waals surface area (Å²) in [6, 6.07) is 11.3. The van der Waals surface area contributed by atoms with Gasteiger partial charge in [0.2, 0.25) is 0 Å².